The van der Waals surface area contributed by atoms with E-state index in [-0.39, 0.29) is 18.1 Å². The summed E-state index contributed by atoms with van der Waals surface area (Å²) in [7, 11) is 0. The quantitative estimate of drug-likeness (QED) is 0.864. The molecule has 0 aromatic heterocycles. The summed E-state index contributed by atoms with van der Waals surface area (Å²) in [6.45, 7) is 2.41. The highest BCUT2D eigenvalue weighted by Crippen LogP contribution is 2.18. The van der Waals surface area contributed by atoms with Gasteiger partial charge in [0.15, 0.2) is 0 Å². The normalized spacial score (nSPS) is 12.5. The largest absolute Gasteiger partial charge is 0.330 e. The molecule has 1 atom stereocenters. The summed E-state index contributed by atoms with van der Waals surface area (Å²) in [4.78, 5) is 11.6. The van der Waals surface area contributed by atoms with E-state index in [0.717, 1.165) is 0 Å². The Balaban J connectivity index is 2.63. The standard InChI is InChI=1S/C12H15ClFNO/c1-8(7-15)4-11(16)5-9-2-3-10(14)6-12(9)13/h2-3,6,8H,4-5,7,15H2,1H3. The topological polar surface area (TPSA) is 43.1 Å². The molecule has 0 aliphatic carbocycles. The molecule has 1 aromatic carbocycles. The summed E-state index contributed by atoms with van der Waals surface area (Å²) >= 11 is 5.83. The monoisotopic (exact) mass is 243 g/mol. The second-order valence-electron chi connectivity index (χ2n) is 4.00. The van der Waals surface area contributed by atoms with E-state index in [0.29, 0.717) is 23.6 Å². The fraction of sp³-hybridized carbons (Fsp3) is 0.417. The minimum atomic E-state index is -0.392. The zero-order valence-electron chi connectivity index (χ0n) is 9.17. The molecule has 2 N–H and O–H groups in total. The summed E-state index contributed by atoms with van der Waals surface area (Å²) < 4.78 is 12.8. The number of hydrogen-bond acceptors (Lipinski definition) is 2. The van der Waals surface area contributed by atoms with Gasteiger partial charge in [0.2, 0.25) is 0 Å². The lowest BCUT2D eigenvalue weighted by molar-refractivity contribution is -0.119. The van der Waals surface area contributed by atoms with Crippen LogP contribution in [0.2, 0.25) is 5.02 Å². The highest BCUT2D eigenvalue weighted by molar-refractivity contribution is 6.31. The fourth-order valence-corrected chi connectivity index (χ4v) is 1.66. The molecular weight excluding hydrogens is 229 g/mol. The van der Waals surface area contributed by atoms with Gasteiger partial charge in [0.25, 0.3) is 0 Å². The van der Waals surface area contributed by atoms with Gasteiger partial charge in [0.1, 0.15) is 11.6 Å². The molecule has 0 saturated heterocycles. The van der Waals surface area contributed by atoms with Gasteiger partial charge in [0.05, 0.1) is 0 Å². The van der Waals surface area contributed by atoms with Gasteiger partial charge in [-0.05, 0) is 30.2 Å². The van der Waals surface area contributed by atoms with Crippen LogP contribution in [0.3, 0.4) is 0 Å². The van der Waals surface area contributed by atoms with Crippen molar-refractivity contribution in [3.8, 4) is 0 Å². The molecule has 0 aliphatic rings. The van der Waals surface area contributed by atoms with Gasteiger partial charge in [0, 0.05) is 17.9 Å². The van der Waals surface area contributed by atoms with Crippen LogP contribution in [0.15, 0.2) is 18.2 Å². The highest BCUT2D eigenvalue weighted by atomic mass is 35.5. The van der Waals surface area contributed by atoms with Crippen LogP contribution in [-0.2, 0) is 11.2 Å². The van der Waals surface area contributed by atoms with Crippen molar-refractivity contribution in [2.45, 2.75) is 19.8 Å². The summed E-state index contributed by atoms with van der Waals surface area (Å²) in [5.41, 5.74) is 6.10. The van der Waals surface area contributed by atoms with Crippen LogP contribution in [0.4, 0.5) is 4.39 Å². The first-order valence-corrected chi connectivity index (χ1v) is 5.56. The van der Waals surface area contributed by atoms with Crippen LogP contribution in [0, 0.1) is 11.7 Å². The van der Waals surface area contributed by atoms with Gasteiger partial charge in [-0.2, -0.15) is 0 Å². The SMILES string of the molecule is CC(CN)CC(=O)Cc1ccc(F)cc1Cl. The van der Waals surface area contributed by atoms with E-state index in [9.17, 15) is 9.18 Å². The smallest absolute Gasteiger partial charge is 0.137 e. The number of carbonyl (C=O) groups excluding carboxylic acids is 1. The third-order valence-electron chi connectivity index (χ3n) is 2.38. The van der Waals surface area contributed by atoms with E-state index < -0.39 is 5.82 Å². The van der Waals surface area contributed by atoms with Crippen LogP contribution < -0.4 is 5.73 Å². The molecule has 0 radical (unpaired) electrons. The summed E-state index contributed by atoms with van der Waals surface area (Å²) in [5, 5.41) is 0.300. The molecule has 0 spiro atoms. The Morgan fingerprint density at radius 2 is 2.25 bits per heavy atom. The average molecular weight is 244 g/mol. The fourth-order valence-electron chi connectivity index (χ4n) is 1.42. The predicted octanol–water partition coefficient (Wildman–Crippen LogP) is 2.58. The minimum Gasteiger partial charge on any atom is -0.330 e. The van der Waals surface area contributed by atoms with Crippen LogP contribution in [0.1, 0.15) is 18.9 Å². The van der Waals surface area contributed by atoms with Crippen molar-refractivity contribution in [3.05, 3.63) is 34.6 Å². The van der Waals surface area contributed by atoms with Crippen LogP contribution >= 0.6 is 11.6 Å². The molecule has 1 aromatic rings. The van der Waals surface area contributed by atoms with E-state index in [2.05, 4.69) is 0 Å². The van der Waals surface area contributed by atoms with E-state index in [4.69, 9.17) is 17.3 Å². The van der Waals surface area contributed by atoms with Crippen molar-refractivity contribution in [3.63, 3.8) is 0 Å². The van der Waals surface area contributed by atoms with E-state index in [1.54, 1.807) is 6.07 Å². The molecular formula is C12H15ClFNO. The van der Waals surface area contributed by atoms with Gasteiger partial charge < -0.3 is 5.73 Å². The number of ketones is 1. The Hall–Kier alpha value is -0.930. The molecule has 1 unspecified atom stereocenters. The van der Waals surface area contributed by atoms with E-state index >= 15 is 0 Å². The molecule has 88 valence electrons. The molecule has 0 amide bonds. The third-order valence-corrected chi connectivity index (χ3v) is 2.73. The number of carbonyl (C=O) groups is 1. The van der Waals surface area contributed by atoms with Crippen LogP contribution in [0.25, 0.3) is 0 Å². The van der Waals surface area contributed by atoms with E-state index in [1.807, 2.05) is 6.92 Å². The number of halogens is 2. The minimum absolute atomic E-state index is 0.0754. The number of Topliss-reactive ketones (excluding diaryl/α,β-unsaturated/α-hetero) is 1. The second-order valence-corrected chi connectivity index (χ2v) is 4.40. The molecule has 0 saturated carbocycles. The Kier molecular flexibility index (Phi) is 4.90. The highest BCUT2D eigenvalue weighted by Gasteiger charge is 2.11. The van der Waals surface area contributed by atoms with Gasteiger partial charge in [-0.1, -0.05) is 24.6 Å². The van der Waals surface area contributed by atoms with Crippen molar-refractivity contribution in [2.75, 3.05) is 6.54 Å². The zero-order chi connectivity index (χ0) is 12.1. The first-order valence-electron chi connectivity index (χ1n) is 5.18. The summed E-state index contributed by atoms with van der Waals surface area (Å²) in [6.07, 6.45) is 0.674. The van der Waals surface area contributed by atoms with Gasteiger partial charge in [-0.25, -0.2) is 4.39 Å². The molecule has 0 aliphatic heterocycles. The molecule has 16 heavy (non-hydrogen) atoms. The maximum absolute atomic E-state index is 12.8. The lowest BCUT2D eigenvalue weighted by Crippen LogP contribution is -2.16. The maximum atomic E-state index is 12.8. The molecule has 0 bridgehead atoms. The van der Waals surface area contributed by atoms with Crippen molar-refractivity contribution in [2.24, 2.45) is 11.7 Å². The molecule has 4 heteroatoms. The first-order chi connectivity index (χ1) is 7.52. The first kappa shape index (κ1) is 13.1. The Morgan fingerprint density at radius 3 is 2.81 bits per heavy atom. The van der Waals surface area contributed by atoms with Crippen molar-refractivity contribution >= 4 is 17.4 Å². The predicted molar refractivity (Wildman–Crippen MR) is 63.0 cm³/mol. The van der Waals surface area contributed by atoms with Gasteiger partial charge in [-0.15, -0.1) is 0 Å². The van der Waals surface area contributed by atoms with Crippen molar-refractivity contribution in [1.82, 2.24) is 0 Å². The number of nitrogens with two attached hydrogens (primary N) is 1. The zero-order valence-corrected chi connectivity index (χ0v) is 9.93. The summed E-state index contributed by atoms with van der Waals surface area (Å²) in [6, 6.07) is 4.07. The Morgan fingerprint density at radius 1 is 1.56 bits per heavy atom. The number of rotatable bonds is 5. The van der Waals surface area contributed by atoms with Crippen molar-refractivity contribution in [1.29, 1.82) is 0 Å². The molecule has 1 rings (SSSR count). The molecule has 0 heterocycles. The van der Waals surface area contributed by atoms with Crippen molar-refractivity contribution < 1.29 is 9.18 Å². The molecule has 2 nitrogen and oxygen atoms in total. The maximum Gasteiger partial charge on any atom is 0.137 e. The Bertz CT molecular complexity index is 381. The van der Waals surface area contributed by atoms with Crippen LogP contribution in [0.5, 0.6) is 0 Å². The average Bonchev–Trinajstić information content (AvgIpc) is 2.22. The van der Waals surface area contributed by atoms with Gasteiger partial charge in [-0.3, -0.25) is 4.79 Å². The lowest BCUT2D eigenvalue weighted by Gasteiger charge is -2.08. The van der Waals surface area contributed by atoms with E-state index in [1.165, 1.54) is 12.1 Å². The Labute approximate surface area is 99.6 Å². The van der Waals surface area contributed by atoms with Gasteiger partial charge >= 0.3 is 0 Å². The summed E-state index contributed by atoms with van der Waals surface area (Å²) in [5.74, 6) is -0.144. The third kappa shape index (κ3) is 3.91. The molecule has 0 fully saturated rings. The number of hydrogen-bond donors (Lipinski definition) is 1. The lowest BCUT2D eigenvalue weighted by atomic mass is 10.00. The second kappa shape index (κ2) is 5.97. The van der Waals surface area contributed by atoms with Crippen LogP contribution in [-0.4, -0.2) is 12.3 Å². The number of benzene rings is 1.